The standard InChI is InChI=1S/C24H33N6O2/c1-17-14-18(2)16-19(15-17)28-10-7-11-29-20-21(25-23(28)29)26(3)24(32)30(22(20)31)13-12-27-8-5-4-6-9-27/h14-16,20H,4-13H2,1-3H3/q+1. The Morgan fingerprint density at radius 1 is 0.969 bits per heavy atom. The van der Waals surface area contributed by atoms with Crippen LogP contribution in [-0.4, -0.2) is 95.4 Å². The number of aryl methyl sites for hydroxylation is 2. The number of benzene rings is 1. The van der Waals surface area contributed by atoms with Gasteiger partial charge in [-0.3, -0.25) is 14.6 Å². The first kappa shape index (κ1) is 21.1. The van der Waals surface area contributed by atoms with E-state index in [0.717, 1.165) is 50.8 Å². The van der Waals surface area contributed by atoms with Gasteiger partial charge in [0.1, 0.15) is 5.69 Å². The van der Waals surface area contributed by atoms with E-state index in [0.29, 0.717) is 12.4 Å². The van der Waals surface area contributed by atoms with Crippen molar-refractivity contribution >= 4 is 29.4 Å². The maximum absolute atomic E-state index is 13.5. The molecule has 4 aliphatic rings. The number of guanidine groups is 1. The quantitative estimate of drug-likeness (QED) is 0.677. The lowest BCUT2D eigenvalue weighted by Gasteiger charge is -2.36. The van der Waals surface area contributed by atoms with Crippen molar-refractivity contribution in [3.05, 3.63) is 29.3 Å². The molecule has 1 unspecified atom stereocenters. The molecule has 0 bridgehead atoms. The van der Waals surface area contributed by atoms with Gasteiger partial charge in [0, 0.05) is 26.6 Å². The summed E-state index contributed by atoms with van der Waals surface area (Å²) in [4.78, 5) is 39.1. The zero-order valence-corrected chi connectivity index (χ0v) is 19.4. The maximum atomic E-state index is 13.5. The van der Waals surface area contributed by atoms with E-state index in [1.807, 2.05) is 0 Å². The molecular formula is C24H33N6O2+. The summed E-state index contributed by atoms with van der Waals surface area (Å²) in [7, 11) is 1.74. The van der Waals surface area contributed by atoms with Crippen LogP contribution in [0, 0.1) is 13.8 Å². The average Bonchev–Trinajstić information content (AvgIpc) is 3.17. The van der Waals surface area contributed by atoms with E-state index in [4.69, 9.17) is 4.99 Å². The highest BCUT2D eigenvalue weighted by atomic mass is 16.2. The Morgan fingerprint density at radius 2 is 1.69 bits per heavy atom. The molecular weight excluding hydrogens is 404 g/mol. The Morgan fingerprint density at radius 3 is 2.41 bits per heavy atom. The topological polar surface area (TPSA) is 62.5 Å². The number of hydrogen-bond donors (Lipinski definition) is 0. The summed E-state index contributed by atoms with van der Waals surface area (Å²) in [6, 6.07) is 5.70. The van der Waals surface area contributed by atoms with Gasteiger partial charge in [-0.1, -0.05) is 17.5 Å². The van der Waals surface area contributed by atoms with Crippen LogP contribution in [0.3, 0.4) is 0 Å². The molecule has 1 aromatic rings. The van der Waals surface area contributed by atoms with Gasteiger partial charge < -0.3 is 4.90 Å². The van der Waals surface area contributed by atoms with Gasteiger partial charge in [0.05, 0.1) is 13.1 Å². The highest BCUT2D eigenvalue weighted by molar-refractivity contribution is 6.24. The molecule has 0 radical (unpaired) electrons. The van der Waals surface area contributed by atoms with Gasteiger partial charge in [0.15, 0.2) is 0 Å². The van der Waals surface area contributed by atoms with Crippen molar-refractivity contribution in [1.29, 1.82) is 0 Å². The molecule has 32 heavy (non-hydrogen) atoms. The summed E-state index contributed by atoms with van der Waals surface area (Å²) in [5.74, 6) is 1.20. The summed E-state index contributed by atoms with van der Waals surface area (Å²) >= 11 is 0. The molecule has 1 atom stereocenters. The van der Waals surface area contributed by atoms with Crippen molar-refractivity contribution in [3.63, 3.8) is 0 Å². The highest BCUT2D eigenvalue weighted by Gasteiger charge is 2.54. The van der Waals surface area contributed by atoms with Crippen LogP contribution in [0.5, 0.6) is 0 Å². The minimum atomic E-state index is -0.511. The lowest BCUT2D eigenvalue weighted by molar-refractivity contribution is -0.539. The Labute approximate surface area is 189 Å². The van der Waals surface area contributed by atoms with Gasteiger partial charge in [0.25, 0.3) is 5.91 Å². The summed E-state index contributed by atoms with van der Waals surface area (Å²) < 4.78 is 2.09. The number of carbonyl (C=O) groups excluding carboxylic acids is 2. The molecule has 0 N–H and O–H groups in total. The Kier molecular flexibility index (Phi) is 5.49. The van der Waals surface area contributed by atoms with E-state index in [1.165, 1.54) is 35.3 Å². The summed E-state index contributed by atoms with van der Waals surface area (Å²) in [5.41, 5.74) is 3.50. The number of amidine groups is 1. The molecule has 1 aromatic carbocycles. The van der Waals surface area contributed by atoms with Crippen LogP contribution in [0.1, 0.15) is 36.8 Å². The largest absolute Gasteiger partial charge is 0.397 e. The van der Waals surface area contributed by atoms with Crippen molar-refractivity contribution in [2.45, 2.75) is 45.6 Å². The number of aliphatic imine (C=N–C) groups is 1. The number of rotatable bonds is 4. The van der Waals surface area contributed by atoms with Gasteiger partial charge in [-0.05, 0) is 63.0 Å². The monoisotopic (exact) mass is 437 g/mol. The fourth-order valence-corrected chi connectivity index (χ4v) is 5.43. The van der Waals surface area contributed by atoms with Crippen molar-refractivity contribution in [2.24, 2.45) is 4.99 Å². The SMILES string of the molecule is Cc1cc(C)cc(N2CCC[N+]3=C2N=C2C3C(=O)N(CCN3CCCCC3)C(=O)N2C)c1. The minimum Gasteiger partial charge on any atom is -0.302 e. The molecule has 2 fully saturated rings. The van der Waals surface area contributed by atoms with Gasteiger partial charge in [-0.2, -0.15) is 0 Å². The second-order valence-corrected chi connectivity index (χ2v) is 9.45. The summed E-state index contributed by atoms with van der Waals surface area (Å²) in [6.07, 6.45) is 4.60. The van der Waals surface area contributed by atoms with Gasteiger partial charge >= 0.3 is 12.0 Å². The van der Waals surface area contributed by atoms with E-state index in [1.54, 1.807) is 11.9 Å². The summed E-state index contributed by atoms with van der Waals surface area (Å²) in [6.45, 7) is 9.10. The minimum absolute atomic E-state index is 0.138. The van der Waals surface area contributed by atoms with Crippen molar-refractivity contribution < 1.29 is 14.2 Å². The molecule has 4 heterocycles. The highest BCUT2D eigenvalue weighted by Crippen LogP contribution is 2.27. The molecule has 0 saturated carbocycles. The molecule has 4 aliphatic heterocycles. The smallest absolute Gasteiger partial charge is 0.302 e. The number of imide groups is 1. The molecule has 5 rings (SSSR count). The first-order valence-electron chi connectivity index (χ1n) is 11.8. The Hall–Kier alpha value is -2.74. The molecule has 2 saturated heterocycles. The Balaban J connectivity index is 1.43. The van der Waals surface area contributed by atoms with Crippen molar-refractivity contribution in [1.82, 2.24) is 14.7 Å². The molecule has 0 aliphatic carbocycles. The molecule has 170 valence electrons. The lowest BCUT2D eigenvalue weighted by atomic mass is 10.1. The number of nitrogens with zero attached hydrogens (tertiary/aromatic N) is 6. The van der Waals surface area contributed by atoms with Crippen LogP contribution in [0.15, 0.2) is 23.2 Å². The maximum Gasteiger partial charge on any atom is 0.397 e. The molecule has 0 aromatic heterocycles. The van der Waals surface area contributed by atoms with E-state index < -0.39 is 6.04 Å². The number of urea groups is 1. The van der Waals surface area contributed by atoms with Crippen LogP contribution >= 0.6 is 0 Å². The fraction of sp³-hybridized carbons (Fsp3) is 0.583. The second kappa shape index (κ2) is 8.31. The van der Waals surface area contributed by atoms with E-state index in [9.17, 15) is 9.59 Å². The van der Waals surface area contributed by atoms with Crippen molar-refractivity contribution in [2.75, 3.05) is 51.2 Å². The predicted molar refractivity (Wildman–Crippen MR) is 124 cm³/mol. The molecule has 8 nitrogen and oxygen atoms in total. The fourth-order valence-electron chi connectivity index (χ4n) is 5.43. The third-order valence-electron chi connectivity index (χ3n) is 7.02. The number of hydrogen-bond acceptors (Lipinski definition) is 5. The van der Waals surface area contributed by atoms with Crippen LogP contribution in [0.4, 0.5) is 10.5 Å². The van der Waals surface area contributed by atoms with Crippen molar-refractivity contribution in [3.8, 4) is 0 Å². The third kappa shape index (κ3) is 3.60. The average molecular weight is 438 g/mol. The van der Waals surface area contributed by atoms with Gasteiger partial charge in [-0.15, -0.1) is 0 Å². The van der Waals surface area contributed by atoms with Crippen LogP contribution in [0.25, 0.3) is 0 Å². The van der Waals surface area contributed by atoms with Gasteiger partial charge in [-0.25, -0.2) is 14.3 Å². The second-order valence-electron chi connectivity index (χ2n) is 9.45. The Bertz CT molecular complexity index is 989. The number of carbonyl (C=O) groups is 2. The third-order valence-corrected chi connectivity index (χ3v) is 7.02. The number of anilines is 1. The molecule has 0 spiro atoms. The first-order valence-corrected chi connectivity index (χ1v) is 11.8. The molecule has 3 amide bonds. The number of likely N-dealkylation sites (N-methyl/N-ethyl adjacent to an activating group) is 1. The van der Waals surface area contributed by atoms with Gasteiger partial charge in [0.2, 0.25) is 11.9 Å². The van der Waals surface area contributed by atoms with Crippen LogP contribution in [-0.2, 0) is 4.79 Å². The lowest BCUT2D eigenvalue weighted by Crippen LogP contribution is -2.64. The number of amides is 3. The van der Waals surface area contributed by atoms with Crippen LogP contribution in [0.2, 0.25) is 0 Å². The zero-order valence-electron chi connectivity index (χ0n) is 19.4. The first-order chi connectivity index (χ1) is 15.4. The van der Waals surface area contributed by atoms with Crippen LogP contribution < -0.4 is 4.90 Å². The number of piperidine rings is 1. The number of likely N-dealkylation sites (tertiary alicyclic amines) is 1. The van der Waals surface area contributed by atoms with E-state index in [2.05, 4.69) is 46.4 Å². The number of fused-ring (bicyclic) bond motifs is 2. The predicted octanol–water partition coefficient (Wildman–Crippen LogP) is 2.04. The summed E-state index contributed by atoms with van der Waals surface area (Å²) in [5, 5.41) is 0. The normalized spacial score (nSPS) is 24.2. The van der Waals surface area contributed by atoms with E-state index in [-0.39, 0.29) is 11.9 Å². The zero-order chi connectivity index (χ0) is 22.4. The molecule has 8 heteroatoms. The van der Waals surface area contributed by atoms with E-state index >= 15 is 0 Å².